The lowest BCUT2D eigenvalue weighted by Crippen LogP contribution is -2.30. The Balaban J connectivity index is 1.78. The van der Waals surface area contributed by atoms with E-state index in [2.05, 4.69) is 37.0 Å². The molecular weight excluding hydrogens is 319 g/mol. The number of rotatable bonds is 5. The molecular formula is C20H25FN2O2. The van der Waals surface area contributed by atoms with Crippen molar-refractivity contribution in [3.8, 4) is 11.5 Å². The Morgan fingerprint density at radius 3 is 2.72 bits per heavy atom. The normalized spacial score (nSPS) is 23.8. The molecule has 0 unspecified atom stereocenters. The van der Waals surface area contributed by atoms with Gasteiger partial charge in [-0.1, -0.05) is 37.6 Å². The van der Waals surface area contributed by atoms with Crippen LogP contribution >= 0.6 is 0 Å². The molecule has 134 valence electrons. The van der Waals surface area contributed by atoms with Crippen LogP contribution in [-0.4, -0.2) is 21.9 Å². The topological polar surface area (TPSA) is 59.2 Å². The van der Waals surface area contributed by atoms with Crippen LogP contribution < -0.4 is 0 Å². The fourth-order valence-corrected chi connectivity index (χ4v) is 3.78. The molecule has 3 rings (SSSR count). The van der Waals surface area contributed by atoms with Gasteiger partial charge in [0, 0.05) is 18.9 Å². The summed E-state index contributed by atoms with van der Waals surface area (Å²) in [4.78, 5) is 0. The van der Waals surface area contributed by atoms with Gasteiger partial charge in [-0.15, -0.1) is 10.2 Å². The van der Waals surface area contributed by atoms with Gasteiger partial charge in [0.2, 0.25) is 5.89 Å². The molecule has 25 heavy (non-hydrogen) atoms. The standard InChI is InChI=1S/C20H25FN2O2/c1-12(2)17-9-14(13(3)8-15(17)11-24)10-19-22-23-20(25-19)16-6-4-5-7-18(16)21/h4-8,12,14-15,17,24H,9-11H2,1-3H3/t14-,15-,17-/m0/s1. The van der Waals surface area contributed by atoms with Crippen LogP contribution in [0.4, 0.5) is 4.39 Å². The Hall–Kier alpha value is -2.01. The van der Waals surface area contributed by atoms with Gasteiger partial charge in [-0.2, -0.15) is 0 Å². The summed E-state index contributed by atoms with van der Waals surface area (Å²) >= 11 is 0. The zero-order valence-corrected chi connectivity index (χ0v) is 14.9. The van der Waals surface area contributed by atoms with E-state index < -0.39 is 0 Å². The SMILES string of the molecule is CC1=C[C@@H](CO)[C@H](C(C)C)C[C@H]1Cc1nnc(-c2ccccc2F)o1. The Morgan fingerprint density at radius 2 is 2.04 bits per heavy atom. The smallest absolute Gasteiger partial charge is 0.250 e. The average molecular weight is 344 g/mol. The molecule has 0 fully saturated rings. The lowest BCUT2D eigenvalue weighted by atomic mass is 9.70. The number of hydrogen-bond donors (Lipinski definition) is 1. The van der Waals surface area contributed by atoms with E-state index >= 15 is 0 Å². The summed E-state index contributed by atoms with van der Waals surface area (Å²) in [5, 5.41) is 17.8. The number of allylic oxidation sites excluding steroid dienone is 1. The molecule has 0 spiro atoms. The van der Waals surface area contributed by atoms with Gasteiger partial charge in [0.15, 0.2) is 0 Å². The quantitative estimate of drug-likeness (QED) is 0.823. The van der Waals surface area contributed by atoms with Crippen molar-refractivity contribution >= 4 is 0 Å². The third-order valence-corrected chi connectivity index (χ3v) is 5.29. The van der Waals surface area contributed by atoms with Crippen molar-refractivity contribution in [3.63, 3.8) is 0 Å². The maximum absolute atomic E-state index is 13.9. The highest BCUT2D eigenvalue weighted by molar-refractivity contribution is 5.53. The van der Waals surface area contributed by atoms with E-state index in [0.717, 1.165) is 6.42 Å². The molecule has 0 amide bonds. The van der Waals surface area contributed by atoms with E-state index in [0.29, 0.717) is 35.6 Å². The summed E-state index contributed by atoms with van der Waals surface area (Å²) in [5.41, 5.74) is 1.58. The monoisotopic (exact) mass is 344 g/mol. The molecule has 1 aromatic carbocycles. The first kappa shape index (κ1) is 17.8. The number of benzene rings is 1. The maximum Gasteiger partial charge on any atom is 0.250 e. The zero-order chi connectivity index (χ0) is 18.0. The molecule has 0 bridgehead atoms. The van der Waals surface area contributed by atoms with E-state index in [1.54, 1.807) is 18.2 Å². The van der Waals surface area contributed by atoms with Crippen LogP contribution in [0.2, 0.25) is 0 Å². The summed E-state index contributed by atoms with van der Waals surface area (Å²) in [7, 11) is 0. The molecule has 4 nitrogen and oxygen atoms in total. The van der Waals surface area contributed by atoms with Gasteiger partial charge in [-0.05, 0) is 43.2 Å². The molecule has 1 aromatic heterocycles. The minimum absolute atomic E-state index is 0.185. The van der Waals surface area contributed by atoms with Crippen molar-refractivity contribution in [2.75, 3.05) is 6.61 Å². The second-order valence-electron chi connectivity index (χ2n) is 7.28. The highest BCUT2D eigenvalue weighted by Crippen LogP contribution is 2.38. The molecule has 0 radical (unpaired) electrons. The molecule has 1 aliphatic rings. The Kier molecular flexibility index (Phi) is 5.33. The molecule has 0 aliphatic heterocycles. The summed E-state index contributed by atoms with van der Waals surface area (Å²) in [5.74, 6) is 1.85. The lowest BCUT2D eigenvalue weighted by Gasteiger charge is -2.36. The van der Waals surface area contributed by atoms with Crippen LogP contribution in [0.1, 0.15) is 33.1 Å². The van der Waals surface area contributed by atoms with E-state index in [1.165, 1.54) is 11.6 Å². The maximum atomic E-state index is 13.9. The van der Waals surface area contributed by atoms with Gasteiger partial charge in [0.05, 0.1) is 5.56 Å². The third kappa shape index (κ3) is 3.82. The van der Waals surface area contributed by atoms with Gasteiger partial charge in [-0.25, -0.2) is 4.39 Å². The van der Waals surface area contributed by atoms with Crippen LogP contribution in [0, 0.1) is 29.5 Å². The summed E-state index contributed by atoms with van der Waals surface area (Å²) in [6, 6.07) is 6.41. The largest absolute Gasteiger partial charge is 0.421 e. The lowest BCUT2D eigenvalue weighted by molar-refractivity contribution is 0.147. The Morgan fingerprint density at radius 1 is 1.28 bits per heavy atom. The number of aromatic nitrogens is 2. The molecule has 3 atom stereocenters. The number of aliphatic hydroxyl groups is 1. The first-order valence-corrected chi connectivity index (χ1v) is 8.86. The highest BCUT2D eigenvalue weighted by atomic mass is 19.1. The summed E-state index contributed by atoms with van der Waals surface area (Å²) in [6.07, 6.45) is 3.82. The molecule has 0 saturated carbocycles. The minimum atomic E-state index is -0.364. The van der Waals surface area contributed by atoms with E-state index in [9.17, 15) is 9.50 Å². The molecule has 2 aromatic rings. The van der Waals surface area contributed by atoms with Gasteiger partial charge in [0.25, 0.3) is 5.89 Å². The van der Waals surface area contributed by atoms with Crippen LogP contribution in [0.3, 0.4) is 0 Å². The van der Waals surface area contributed by atoms with Crippen LogP contribution in [0.25, 0.3) is 11.5 Å². The van der Waals surface area contributed by atoms with Crippen molar-refractivity contribution in [3.05, 3.63) is 47.6 Å². The minimum Gasteiger partial charge on any atom is -0.421 e. The second-order valence-corrected chi connectivity index (χ2v) is 7.28. The average Bonchev–Trinajstić information content (AvgIpc) is 3.04. The van der Waals surface area contributed by atoms with Gasteiger partial charge >= 0.3 is 0 Å². The first-order chi connectivity index (χ1) is 12.0. The van der Waals surface area contributed by atoms with Crippen molar-refractivity contribution in [1.82, 2.24) is 10.2 Å². The Bertz CT molecular complexity index is 754. The number of halogens is 1. The zero-order valence-electron chi connectivity index (χ0n) is 14.9. The van der Waals surface area contributed by atoms with E-state index in [1.807, 2.05) is 0 Å². The van der Waals surface area contributed by atoms with Crippen molar-refractivity contribution in [2.24, 2.45) is 23.7 Å². The highest BCUT2D eigenvalue weighted by Gasteiger charge is 2.32. The Labute approximate surface area is 147 Å². The predicted molar refractivity (Wildman–Crippen MR) is 94.2 cm³/mol. The fraction of sp³-hybridized carbons (Fsp3) is 0.500. The van der Waals surface area contributed by atoms with Crippen LogP contribution in [0.5, 0.6) is 0 Å². The first-order valence-electron chi connectivity index (χ1n) is 8.86. The molecule has 0 saturated heterocycles. The van der Waals surface area contributed by atoms with Crippen molar-refractivity contribution < 1.29 is 13.9 Å². The van der Waals surface area contributed by atoms with Gasteiger partial charge in [0.1, 0.15) is 5.82 Å². The van der Waals surface area contributed by atoms with Gasteiger partial charge in [-0.3, -0.25) is 0 Å². The van der Waals surface area contributed by atoms with Crippen molar-refractivity contribution in [1.29, 1.82) is 0 Å². The fourth-order valence-electron chi connectivity index (χ4n) is 3.78. The molecule has 1 heterocycles. The number of aliphatic hydroxyl groups excluding tert-OH is 1. The predicted octanol–water partition coefficient (Wildman–Crippen LogP) is 4.27. The number of nitrogens with zero attached hydrogens (tertiary/aromatic N) is 2. The number of hydrogen-bond acceptors (Lipinski definition) is 4. The molecule has 5 heteroatoms. The van der Waals surface area contributed by atoms with Crippen LogP contribution in [-0.2, 0) is 6.42 Å². The van der Waals surface area contributed by atoms with Gasteiger partial charge < -0.3 is 9.52 Å². The summed E-state index contributed by atoms with van der Waals surface area (Å²) in [6.45, 7) is 6.67. The van der Waals surface area contributed by atoms with E-state index in [4.69, 9.17) is 4.42 Å². The molecule has 1 N–H and O–H groups in total. The summed E-state index contributed by atoms with van der Waals surface area (Å²) < 4.78 is 19.6. The third-order valence-electron chi connectivity index (χ3n) is 5.29. The second kappa shape index (κ2) is 7.48. The van der Waals surface area contributed by atoms with Crippen LogP contribution in [0.15, 0.2) is 40.3 Å². The van der Waals surface area contributed by atoms with Crippen molar-refractivity contribution in [2.45, 2.75) is 33.6 Å². The molecule has 1 aliphatic carbocycles. The van der Waals surface area contributed by atoms with E-state index in [-0.39, 0.29) is 24.2 Å².